The Labute approximate surface area is 169 Å². The van der Waals surface area contributed by atoms with Crippen LogP contribution in [-0.4, -0.2) is 33.8 Å². The van der Waals surface area contributed by atoms with E-state index >= 15 is 0 Å². The predicted molar refractivity (Wildman–Crippen MR) is 110 cm³/mol. The van der Waals surface area contributed by atoms with Crippen LogP contribution in [0.1, 0.15) is 16.1 Å². The van der Waals surface area contributed by atoms with Gasteiger partial charge in [-0.15, -0.1) is 23.5 Å². The number of amides is 2. The van der Waals surface area contributed by atoms with E-state index in [-0.39, 0.29) is 11.8 Å². The quantitative estimate of drug-likeness (QED) is 0.492. The van der Waals surface area contributed by atoms with Crippen molar-refractivity contribution in [3.8, 4) is 11.6 Å². The van der Waals surface area contributed by atoms with Crippen molar-refractivity contribution in [3.63, 3.8) is 0 Å². The molecule has 0 radical (unpaired) electrons. The maximum Gasteiger partial charge on any atom is 0.260 e. The average Bonchev–Trinajstić information content (AvgIpc) is 3.21. The van der Waals surface area contributed by atoms with E-state index in [4.69, 9.17) is 4.42 Å². The van der Waals surface area contributed by atoms with Crippen LogP contribution in [-0.2, 0) is 4.79 Å². The first kappa shape index (κ1) is 18.6. The topological polar surface area (TPSA) is 97.1 Å². The van der Waals surface area contributed by atoms with Crippen molar-refractivity contribution in [2.24, 2.45) is 0 Å². The number of benzene rings is 1. The Bertz CT molecular complexity index is 1070. The summed E-state index contributed by atoms with van der Waals surface area (Å²) in [7, 11) is 0. The number of rotatable bonds is 4. The number of aryl methyl sites for hydroxylation is 1. The number of nitrogens with zero attached hydrogens (tertiary/aromatic N) is 2. The van der Waals surface area contributed by atoms with Crippen LogP contribution in [0, 0.1) is 6.92 Å². The highest BCUT2D eigenvalue weighted by Gasteiger charge is 2.21. The van der Waals surface area contributed by atoms with Crippen LogP contribution < -0.4 is 10.6 Å². The number of thioether (sulfide) groups is 2. The third-order valence-electron chi connectivity index (χ3n) is 4.09. The Hall–Kier alpha value is -2.78. The smallest absolute Gasteiger partial charge is 0.260 e. The fraction of sp³-hybridized carbons (Fsp3) is 0.158. The van der Waals surface area contributed by atoms with Gasteiger partial charge >= 0.3 is 0 Å². The fourth-order valence-electron chi connectivity index (χ4n) is 2.83. The number of carbonyl (C=O) groups is 2. The van der Waals surface area contributed by atoms with Crippen molar-refractivity contribution in [1.29, 1.82) is 0 Å². The molecule has 1 aliphatic heterocycles. The molecule has 3 heterocycles. The molecular weight excluding hydrogens is 396 g/mol. The first-order valence-corrected chi connectivity index (χ1v) is 10.6. The molecule has 0 saturated carbocycles. The van der Waals surface area contributed by atoms with Crippen LogP contribution in [0.25, 0.3) is 11.6 Å². The number of anilines is 2. The van der Waals surface area contributed by atoms with Crippen molar-refractivity contribution in [2.75, 3.05) is 22.6 Å². The molecule has 2 amide bonds. The minimum absolute atomic E-state index is 0.0524. The summed E-state index contributed by atoms with van der Waals surface area (Å²) >= 11 is 2.84. The minimum atomic E-state index is -0.303. The van der Waals surface area contributed by atoms with Gasteiger partial charge in [-0.3, -0.25) is 9.59 Å². The molecule has 0 atom stereocenters. The average molecular weight is 412 g/mol. The number of nitrogens with one attached hydrogen (secondary N) is 2. The van der Waals surface area contributed by atoms with Gasteiger partial charge in [0.05, 0.1) is 29.0 Å². The van der Waals surface area contributed by atoms with E-state index in [1.165, 1.54) is 23.5 Å². The molecular formula is C19H16N4O3S2. The molecule has 2 aromatic heterocycles. The molecule has 0 saturated heterocycles. The van der Waals surface area contributed by atoms with Crippen LogP contribution >= 0.6 is 23.5 Å². The highest BCUT2D eigenvalue weighted by molar-refractivity contribution is 8.00. The maximum atomic E-state index is 12.9. The first-order chi connectivity index (χ1) is 13.5. The molecule has 0 bridgehead atoms. The zero-order chi connectivity index (χ0) is 19.7. The Morgan fingerprint density at radius 1 is 1.32 bits per heavy atom. The van der Waals surface area contributed by atoms with E-state index in [1.807, 2.05) is 18.4 Å². The monoisotopic (exact) mass is 412 g/mol. The number of carbonyl (C=O) groups excluding carboxylic acids is 2. The Kier molecular flexibility index (Phi) is 5.10. The summed E-state index contributed by atoms with van der Waals surface area (Å²) in [5.41, 5.74) is 2.27. The molecule has 28 heavy (non-hydrogen) atoms. The summed E-state index contributed by atoms with van der Waals surface area (Å²) in [4.78, 5) is 34.4. The standard InChI is InChI=1S/C19H16N4O3S2/c1-10-16(19(27-2)23-17(20-10)13-4-3-7-26-13)18(25)21-11-5-6-14-12(8-11)22-15(24)9-28-14/h3-8H,9H2,1-2H3,(H,21,25)(H,22,24). The molecule has 0 spiro atoms. The fourth-order valence-corrected chi connectivity index (χ4v) is 4.24. The molecule has 3 aromatic rings. The molecule has 142 valence electrons. The van der Waals surface area contributed by atoms with Gasteiger partial charge in [0.15, 0.2) is 11.6 Å². The highest BCUT2D eigenvalue weighted by Crippen LogP contribution is 2.34. The second-order valence-electron chi connectivity index (χ2n) is 6.00. The third kappa shape index (κ3) is 3.63. The lowest BCUT2D eigenvalue weighted by Gasteiger charge is -2.17. The van der Waals surface area contributed by atoms with Crippen molar-refractivity contribution in [1.82, 2.24) is 9.97 Å². The van der Waals surface area contributed by atoms with E-state index in [9.17, 15) is 9.59 Å². The zero-order valence-corrected chi connectivity index (χ0v) is 16.7. The summed E-state index contributed by atoms with van der Waals surface area (Å²) in [6.07, 6.45) is 3.41. The summed E-state index contributed by atoms with van der Waals surface area (Å²) in [6.45, 7) is 1.77. The van der Waals surface area contributed by atoms with Gasteiger partial charge < -0.3 is 15.1 Å². The molecule has 2 N–H and O–H groups in total. The van der Waals surface area contributed by atoms with Crippen LogP contribution in [0.5, 0.6) is 0 Å². The van der Waals surface area contributed by atoms with Gasteiger partial charge in [-0.1, -0.05) is 0 Å². The molecule has 0 fully saturated rings. The second kappa shape index (κ2) is 7.69. The molecule has 1 aromatic carbocycles. The second-order valence-corrected chi connectivity index (χ2v) is 7.81. The third-order valence-corrected chi connectivity index (χ3v) is 5.84. The lowest BCUT2D eigenvalue weighted by molar-refractivity contribution is -0.113. The number of fused-ring (bicyclic) bond motifs is 1. The molecule has 4 rings (SSSR count). The largest absolute Gasteiger partial charge is 0.461 e. The highest BCUT2D eigenvalue weighted by atomic mass is 32.2. The van der Waals surface area contributed by atoms with Gasteiger partial charge in [0, 0.05) is 10.6 Å². The van der Waals surface area contributed by atoms with Crippen molar-refractivity contribution >= 4 is 46.7 Å². The van der Waals surface area contributed by atoms with E-state index < -0.39 is 0 Å². The van der Waals surface area contributed by atoms with Gasteiger partial charge in [0.2, 0.25) is 5.91 Å². The lowest BCUT2D eigenvalue weighted by Crippen LogP contribution is -2.20. The maximum absolute atomic E-state index is 12.9. The molecule has 0 unspecified atom stereocenters. The van der Waals surface area contributed by atoms with Crippen LogP contribution in [0.2, 0.25) is 0 Å². The molecule has 1 aliphatic rings. The summed E-state index contributed by atoms with van der Waals surface area (Å²) < 4.78 is 5.36. The number of hydrogen-bond donors (Lipinski definition) is 2. The van der Waals surface area contributed by atoms with Crippen LogP contribution in [0.4, 0.5) is 11.4 Å². The summed E-state index contributed by atoms with van der Waals surface area (Å²) in [5.74, 6) is 1.03. The van der Waals surface area contributed by atoms with Crippen LogP contribution in [0.15, 0.2) is 50.9 Å². The van der Waals surface area contributed by atoms with E-state index in [0.29, 0.717) is 45.0 Å². The minimum Gasteiger partial charge on any atom is -0.461 e. The van der Waals surface area contributed by atoms with Crippen molar-refractivity contribution in [3.05, 3.63) is 47.9 Å². The van der Waals surface area contributed by atoms with Crippen molar-refractivity contribution in [2.45, 2.75) is 16.8 Å². The summed E-state index contributed by atoms with van der Waals surface area (Å²) in [6, 6.07) is 8.99. The Morgan fingerprint density at radius 2 is 2.18 bits per heavy atom. The predicted octanol–water partition coefficient (Wildman–Crippen LogP) is 4.06. The number of aromatic nitrogens is 2. The lowest BCUT2D eigenvalue weighted by atomic mass is 10.2. The van der Waals surface area contributed by atoms with Gasteiger partial charge in [0.1, 0.15) is 5.03 Å². The first-order valence-electron chi connectivity index (χ1n) is 8.39. The van der Waals surface area contributed by atoms with Gasteiger partial charge in [-0.25, -0.2) is 9.97 Å². The molecule has 7 nitrogen and oxygen atoms in total. The Balaban J connectivity index is 1.63. The number of hydrogen-bond acceptors (Lipinski definition) is 7. The normalized spacial score (nSPS) is 13.0. The van der Waals surface area contributed by atoms with E-state index in [2.05, 4.69) is 20.6 Å². The van der Waals surface area contributed by atoms with Gasteiger partial charge in [-0.2, -0.15) is 0 Å². The number of furan rings is 1. The summed E-state index contributed by atoms with van der Waals surface area (Å²) in [5, 5.41) is 6.26. The SMILES string of the molecule is CSc1nc(-c2ccco2)nc(C)c1C(=O)Nc1ccc2c(c1)NC(=O)CS2. The molecule has 9 heteroatoms. The van der Waals surface area contributed by atoms with Crippen LogP contribution in [0.3, 0.4) is 0 Å². The van der Waals surface area contributed by atoms with E-state index in [0.717, 1.165) is 4.90 Å². The van der Waals surface area contributed by atoms with Gasteiger partial charge in [0.25, 0.3) is 5.91 Å². The van der Waals surface area contributed by atoms with E-state index in [1.54, 1.807) is 31.4 Å². The molecule has 0 aliphatic carbocycles. The zero-order valence-electron chi connectivity index (χ0n) is 15.1. The van der Waals surface area contributed by atoms with Gasteiger partial charge in [-0.05, 0) is 43.5 Å². The van der Waals surface area contributed by atoms with Crippen molar-refractivity contribution < 1.29 is 14.0 Å². The Morgan fingerprint density at radius 3 is 2.93 bits per heavy atom.